The summed E-state index contributed by atoms with van der Waals surface area (Å²) in [4.78, 5) is 11.6. The highest BCUT2D eigenvalue weighted by Crippen LogP contribution is 2.53. The van der Waals surface area contributed by atoms with Gasteiger partial charge in [0, 0.05) is 26.1 Å². The van der Waals surface area contributed by atoms with Crippen LogP contribution in [0.2, 0.25) is 0 Å². The van der Waals surface area contributed by atoms with Crippen LogP contribution in [0.25, 0.3) is 0 Å². The van der Waals surface area contributed by atoms with Gasteiger partial charge in [-0.1, -0.05) is 61.5 Å². The van der Waals surface area contributed by atoms with Crippen molar-refractivity contribution < 1.29 is 46.6 Å². The molecule has 0 spiro atoms. The maximum absolute atomic E-state index is 14.0. The number of Topliss-reactive ketones (excluding diaryl/α,β-unsaturated/α-hetero) is 1. The van der Waals surface area contributed by atoms with Crippen molar-refractivity contribution in [3.8, 4) is 11.5 Å². The second-order valence-electron chi connectivity index (χ2n) is 11.6. The van der Waals surface area contributed by atoms with E-state index in [0.29, 0.717) is 32.5 Å². The molecule has 0 aliphatic carbocycles. The summed E-state index contributed by atoms with van der Waals surface area (Å²) >= 11 is 0. The number of phosphoric ester groups is 1. The van der Waals surface area contributed by atoms with Gasteiger partial charge in [0.15, 0.2) is 0 Å². The highest BCUT2D eigenvalue weighted by molar-refractivity contribution is 7.48. The Labute approximate surface area is 277 Å². The molecule has 0 saturated carbocycles. The second-order valence-corrected chi connectivity index (χ2v) is 13.3. The molecule has 10 nitrogen and oxygen atoms in total. The minimum Gasteiger partial charge on any atom is -0.497 e. The number of hydrogen-bond acceptors (Lipinski definition) is 10. The molecule has 2 saturated heterocycles. The smallest absolute Gasteiger partial charge is 0.475 e. The number of methoxy groups -OCH3 is 2. The fourth-order valence-electron chi connectivity index (χ4n) is 6.03. The van der Waals surface area contributed by atoms with Crippen molar-refractivity contribution in [3.05, 3.63) is 95.6 Å². The van der Waals surface area contributed by atoms with Crippen molar-refractivity contribution in [2.45, 2.75) is 69.5 Å². The van der Waals surface area contributed by atoms with Crippen molar-refractivity contribution in [3.63, 3.8) is 0 Å². The molecule has 3 aromatic rings. The third-order valence-electron chi connectivity index (χ3n) is 8.57. The molecule has 0 amide bonds. The Kier molecular flexibility index (Phi) is 12.3. The number of ketones is 1. The van der Waals surface area contributed by atoms with Gasteiger partial charge in [-0.3, -0.25) is 18.4 Å². The Hall–Kier alpha value is -3.08. The van der Waals surface area contributed by atoms with Gasteiger partial charge in [0.2, 0.25) is 0 Å². The summed E-state index contributed by atoms with van der Waals surface area (Å²) in [5, 5.41) is 0. The molecule has 5 rings (SSSR count). The van der Waals surface area contributed by atoms with Crippen molar-refractivity contribution in [2.24, 2.45) is 0 Å². The van der Waals surface area contributed by atoms with E-state index in [2.05, 4.69) is 0 Å². The average molecular weight is 669 g/mol. The van der Waals surface area contributed by atoms with Crippen LogP contribution in [0.15, 0.2) is 78.9 Å². The summed E-state index contributed by atoms with van der Waals surface area (Å²) in [5.41, 5.74) is 1.61. The van der Waals surface area contributed by atoms with Crippen LogP contribution in [0.1, 0.15) is 56.2 Å². The van der Waals surface area contributed by atoms with E-state index in [4.69, 9.17) is 37.3 Å². The van der Waals surface area contributed by atoms with E-state index in [9.17, 15) is 9.36 Å². The Morgan fingerprint density at radius 3 is 1.89 bits per heavy atom. The lowest BCUT2D eigenvalue weighted by molar-refractivity contribution is -0.117. The second kappa shape index (κ2) is 16.3. The number of phosphoric acid groups is 1. The zero-order chi connectivity index (χ0) is 33.3. The normalized spacial score (nSPS) is 22.6. The number of rotatable bonds is 17. The van der Waals surface area contributed by atoms with Crippen molar-refractivity contribution in [2.75, 3.05) is 40.6 Å². The molecule has 2 fully saturated rings. The van der Waals surface area contributed by atoms with Gasteiger partial charge in [-0.15, -0.1) is 0 Å². The molecule has 2 aliphatic heterocycles. The fourth-order valence-corrected chi connectivity index (χ4v) is 7.45. The maximum Gasteiger partial charge on any atom is 0.475 e. The van der Waals surface area contributed by atoms with E-state index >= 15 is 0 Å². The summed E-state index contributed by atoms with van der Waals surface area (Å²) in [6, 6.07) is 25.6. The topological polar surface area (TPSA) is 108 Å². The highest BCUT2D eigenvalue weighted by atomic mass is 31.2. The number of hydrogen-bond donors (Lipinski definition) is 0. The molecule has 11 heteroatoms. The van der Waals surface area contributed by atoms with E-state index in [1.807, 2.05) is 85.8 Å². The fraction of sp³-hybridized carbons (Fsp3) is 0.472. The molecule has 2 heterocycles. The molecule has 2 unspecified atom stereocenters. The first-order valence-corrected chi connectivity index (χ1v) is 17.6. The van der Waals surface area contributed by atoms with Crippen LogP contribution in [0, 0.1) is 0 Å². The van der Waals surface area contributed by atoms with Crippen LogP contribution < -0.4 is 9.47 Å². The number of ether oxygens (including phenoxy) is 5. The largest absolute Gasteiger partial charge is 0.497 e. The third-order valence-corrected chi connectivity index (χ3v) is 10.1. The molecule has 3 aromatic carbocycles. The van der Waals surface area contributed by atoms with Gasteiger partial charge in [-0.25, -0.2) is 4.57 Å². The molecule has 254 valence electrons. The predicted octanol–water partition coefficient (Wildman–Crippen LogP) is 6.87. The van der Waals surface area contributed by atoms with Gasteiger partial charge in [0.1, 0.15) is 29.0 Å². The first kappa shape index (κ1) is 35.2. The monoisotopic (exact) mass is 668 g/mol. The lowest BCUT2D eigenvalue weighted by atomic mass is 9.79. The van der Waals surface area contributed by atoms with Gasteiger partial charge in [0.05, 0.1) is 45.7 Å². The molecule has 47 heavy (non-hydrogen) atoms. The SMILES string of the molecule is CC[C@H]1OCCC1O[P@@](=O)(OCCC(C)=O)OC[C@H]1OCCC1OC(c1ccccc1)(c1ccc(OC)cc1)c1ccc(OC)cc1. The lowest BCUT2D eigenvalue weighted by Crippen LogP contribution is -2.41. The number of benzene rings is 3. The van der Waals surface area contributed by atoms with Gasteiger partial charge in [-0.2, -0.15) is 0 Å². The van der Waals surface area contributed by atoms with E-state index in [1.54, 1.807) is 14.2 Å². The number of carbonyl (C=O) groups is 1. The van der Waals surface area contributed by atoms with E-state index in [-0.39, 0.29) is 31.5 Å². The first-order valence-electron chi connectivity index (χ1n) is 16.1. The van der Waals surface area contributed by atoms with Crippen LogP contribution in [0.4, 0.5) is 0 Å². The van der Waals surface area contributed by atoms with Gasteiger partial charge >= 0.3 is 7.82 Å². The quantitative estimate of drug-likeness (QED) is 0.112. The standard InChI is InChI=1S/C36H45O10P/c1-5-32-34(21-23-41-32)46-47(38,43-24-19-26(2)37)44-25-35-33(20-22-42-35)45-36(27-9-7-6-8-10-27,28-11-15-30(39-3)16-12-28)29-13-17-31(40-4)18-14-29/h6-18,32-35H,5,19-25H2,1-4H3/t32-,33?,34?,35-,47+/m1/s1. The molecule has 0 aromatic heterocycles. The molecule has 0 N–H and O–H groups in total. The summed E-state index contributed by atoms with van der Waals surface area (Å²) in [5.74, 6) is 1.35. The van der Waals surface area contributed by atoms with Crippen molar-refractivity contribution in [1.82, 2.24) is 0 Å². The lowest BCUT2D eigenvalue weighted by Gasteiger charge is -2.39. The first-order chi connectivity index (χ1) is 22.8. The van der Waals surface area contributed by atoms with Gasteiger partial charge in [-0.05, 0) is 60.7 Å². The minimum atomic E-state index is -4.09. The predicted molar refractivity (Wildman–Crippen MR) is 176 cm³/mol. The summed E-state index contributed by atoms with van der Waals surface area (Å²) in [6.07, 6.45) is 0.185. The molecular formula is C36H45O10P. The van der Waals surface area contributed by atoms with Gasteiger partial charge in [0.25, 0.3) is 0 Å². The Bertz CT molecular complexity index is 1420. The molecule has 5 atom stereocenters. The zero-order valence-electron chi connectivity index (χ0n) is 27.5. The van der Waals surface area contributed by atoms with Crippen LogP contribution in [0.5, 0.6) is 11.5 Å². The van der Waals surface area contributed by atoms with E-state index < -0.39 is 31.7 Å². The van der Waals surface area contributed by atoms with Crippen LogP contribution in [-0.4, -0.2) is 70.8 Å². The van der Waals surface area contributed by atoms with Crippen LogP contribution in [0.3, 0.4) is 0 Å². The van der Waals surface area contributed by atoms with Gasteiger partial charge < -0.3 is 23.7 Å². The molecule has 2 aliphatic rings. The van der Waals surface area contributed by atoms with Crippen LogP contribution in [-0.2, 0) is 42.7 Å². The van der Waals surface area contributed by atoms with E-state index in [1.165, 1.54) is 6.92 Å². The molecule has 0 radical (unpaired) electrons. The summed E-state index contributed by atoms with van der Waals surface area (Å²) < 4.78 is 61.7. The molecule has 0 bridgehead atoms. The number of carbonyl (C=O) groups excluding carboxylic acids is 1. The highest BCUT2D eigenvalue weighted by Gasteiger charge is 2.45. The average Bonchev–Trinajstić information content (AvgIpc) is 3.75. The third kappa shape index (κ3) is 8.51. The Morgan fingerprint density at radius 2 is 1.34 bits per heavy atom. The minimum absolute atomic E-state index is 0.0874. The van der Waals surface area contributed by atoms with Crippen molar-refractivity contribution >= 4 is 13.6 Å². The van der Waals surface area contributed by atoms with E-state index in [0.717, 1.165) is 28.2 Å². The summed E-state index contributed by atoms with van der Waals surface area (Å²) in [7, 11) is -0.827. The molecular weight excluding hydrogens is 623 g/mol. The Balaban J connectivity index is 1.46. The Morgan fingerprint density at radius 1 is 0.787 bits per heavy atom. The van der Waals surface area contributed by atoms with Crippen LogP contribution >= 0.6 is 7.82 Å². The summed E-state index contributed by atoms with van der Waals surface area (Å²) in [6.45, 7) is 4.15. The van der Waals surface area contributed by atoms with Crippen molar-refractivity contribution in [1.29, 1.82) is 0 Å². The maximum atomic E-state index is 14.0. The zero-order valence-corrected chi connectivity index (χ0v) is 28.4.